The van der Waals surface area contributed by atoms with Crippen LogP contribution in [0.25, 0.3) is 17.3 Å². The van der Waals surface area contributed by atoms with E-state index < -0.39 is 0 Å². The van der Waals surface area contributed by atoms with Gasteiger partial charge >= 0.3 is 0 Å². The van der Waals surface area contributed by atoms with Gasteiger partial charge in [-0.3, -0.25) is 9.36 Å². The van der Waals surface area contributed by atoms with Crippen LogP contribution >= 0.6 is 0 Å². The molecule has 0 spiro atoms. The topological polar surface area (TPSA) is 47.7 Å². The van der Waals surface area contributed by atoms with E-state index in [0.717, 1.165) is 29.9 Å². The van der Waals surface area contributed by atoms with Crippen LogP contribution in [-0.4, -0.2) is 26.6 Å². The van der Waals surface area contributed by atoms with E-state index in [4.69, 9.17) is 5.10 Å². The Morgan fingerprint density at radius 1 is 1.38 bits per heavy atom. The minimum atomic E-state index is -0.274. The molecule has 0 amide bonds. The molecule has 0 aromatic carbocycles. The maximum absolute atomic E-state index is 4.86. The Labute approximate surface area is 143 Å². The van der Waals surface area contributed by atoms with Crippen LogP contribution in [0.5, 0.6) is 0 Å². The predicted octanol–water partition coefficient (Wildman–Crippen LogP) is 3.21. The quantitative estimate of drug-likeness (QED) is 0.860. The van der Waals surface area contributed by atoms with Crippen molar-refractivity contribution >= 4 is 17.3 Å². The number of allylic oxidation sites excluding steroid dienone is 2. The molecule has 0 unspecified atom stereocenters. The maximum atomic E-state index is 4.86. The molecule has 0 saturated carbocycles. The molecule has 0 atom stereocenters. The fraction of sp³-hybridized carbons (Fsp3) is 0.368. The van der Waals surface area contributed by atoms with Gasteiger partial charge in [0.05, 0.1) is 23.1 Å². The molecule has 1 aliphatic carbocycles. The van der Waals surface area contributed by atoms with Gasteiger partial charge in [-0.25, -0.2) is 0 Å². The standard InChI is InChI=1S/C19H25N5/c1-7-19(3,4)24-17-10-14(15-11-21-23(6)12-15)8-9-16(17)18(22-24)13(2)20-5/h7,10-12,20H,1-2,8-9H2,3-6H3. The van der Waals surface area contributed by atoms with Crippen LogP contribution in [0.4, 0.5) is 0 Å². The van der Waals surface area contributed by atoms with Gasteiger partial charge in [-0.2, -0.15) is 10.2 Å². The van der Waals surface area contributed by atoms with Crippen LogP contribution in [0.1, 0.15) is 42.8 Å². The van der Waals surface area contributed by atoms with E-state index in [1.54, 1.807) is 0 Å². The molecule has 0 fully saturated rings. The summed E-state index contributed by atoms with van der Waals surface area (Å²) in [5.41, 5.74) is 6.37. The van der Waals surface area contributed by atoms with Crippen molar-refractivity contribution in [1.29, 1.82) is 0 Å². The largest absolute Gasteiger partial charge is 0.387 e. The summed E-state index contributed by atoms with van der Waals surface area (Å²) in [7, 11) is 3.82. The number of hydrogen-bond acceptors (Lipinski definition) is 3. The molecule has 3 rings (SSSR count). The monoisotopic (exact) mass is 323 g/mol. The van der Waals surface area contributed by atoms with E-state index in [1.807, 2.05) is 31.1 Å². The van der Waals surface area contributed by atoms with Crippen LogP contribution in [-0.2, 0) is 19.0 Å². The SMILES string of the molecule is C=CC(C)(C)n1nc(C(=C)NC)c2c1C=C(c1cnn(C)c1)CC2. The van der Waals surface area contributed by atoms with E-state index >= 15 is 0 Å². The highest BCUT2D eigenvalue weighted by atomic mass is 15.3. The smallest absolute Gasteiger partial charge is 0.111 e. The molecule has 24 heavy (non-hydrogen) atoms. The number of nitrogens with one attached hydrogen (secondary N) is 1. The molecule has 0 aliphatic heterocycles. The van der Waals surface area contributed by atoms with Gasteiger partial charge < -0.3 is 5.32 Å². The average molecular weight is 323 g/mol. The lowest BCUT2D eigenvalue weighted by Gasteiger charge is -2.24. The number of aromatic nitrogens is 4. The fourth-order valence-electron chi connectivity index (χ4n) is 3.06. The highest BCUT2D eigenvalue weighted by Crippen LogP contribution is 2.35. The molecule has 2 aromatic rings. The number of aryl methyl sites for hydroxylation is 1. The summed E-state index contributed by atoms with van der Waals surface area (Å²) in [6, 6.07) is 0. The van der Waals surface area contributed by atoms with E-state index in [2.05, 4.69) is 54.4 Å². The number of rotatable bonds is 5. The van der Waals surface area contributed by atoms with Crippen LogP contribution in [0, 0.1) is 0 Å². The summed E-state index contributed by atoms with van der Waals surface area (Å²) in [5.74, 6) is 0. The molecule has 0 bridgehead atoms. The zero-order valence-electron chi connectivity index (χ0n) is 14.9. The molecule has 2 heterocycles. The number of hydrogen-bond donors (Lipinski definition) is 1. The maximum Gasteiger partial charge on any atom is 0.111 e. The normalized spacial score (nSPS) is 14.1. The second kappa shape index (κ2) is 5.82. The van der Waals surface area contributed by atoms with Crippen molar-refractivity contribution in [3.8, 4) is 0 Å². The van der Waals surface area contributed by atoms with Gasteiger partial charge in [0.2, 0.25) is 0 Å². The molecule has 0 radical (unpaired) electrons. The lowest BCUT2D eigenvalue weighted by atomic mass is 9.91. The van der Waals surface area contributed by atoms with Gasteiger partial charge in [-0.15, -0.1) is 6.58 Å². The Hall–Kier alpha value is -2.56. The second-order valence-electron chi connectivity index (χ2n) is 6.78. The Balaban J connectivity index is 2.18. The summed E-state index contributed by atoms with van der Waals surface area (Å²) < 4.78 is 3.90. The fourth-order valence-corrected chi connectivity index (χ4v) is 3.06. The van der Waals surface area contributed by atoms with Crippen molar-refractivity contribution in [2.75, 3.05) is 7.05 Å². The van der Waals surface area contributed by atoms with Gasteiger partial charge in [0.25, 0.3) is 0 Å². The van der Waals surface area contributed by atoms with Crippen LogP contribution in [0.3, 0.4) is 0 Å². The average Bonchev–Trinajstić information content (AvgIpc) is 3.17. The zero-order chi connectivity index (χ0) is 17.5. The lowest BCUT2D eigenvalue weighted by molar-refractivity contribution is 0.403. The van der Waals surface area contributed by atoms with Gasteiger partial charge in [0.15, 0.2) is 0 Å². The third-order valence-electron chi connectivity index (χ3n) is 4.69. The summed E-state index contributed by atoms with van der Waals surface area (Å²) in [4.78, 5) is 0. The molecule has 5 heteroatoms. The van der Waals surface area contributed by atoms with Crippen molar-refractivity contribution in [2.24, 2.45) is 7.05 Å². The lowest BCUT2D eigenvalue weighted by Crippen LogP contribution is -2.26. The van der Waals surface area contributed by atoms with Crippen LogP contribution < -0.4 is 5.32 Å². The minimum absolute atomic E-state index is 0.274. The Morgan fingerprint density at radius 2 is 2.12 bits per heavy atom. The predicted molar refractivity (Wildman–Crippen MR) is 99.2 cm³/mol. The van der Waals surface area contributed by atoms with Crippen LogP contribution in [0.2, 0.25) is 0 Å². The van der Waals surface area contributed by atoms with E-state index in [9.17, 15) is 0 Å². The molecule has 2 aromatic heterocycles. The Morgan fingerprint density at radius 3 is 2.71 bits per heavy atom. The first-order valence-corrected chi connectivity index (χ1v) is 8.20. The van der Waals surface area contributed by atoms with Gasteiger partial charge in [-0.05, 0) is 38.3 Å². The highest BCUT2D eigenvalue weighted by Gasteiger charge is 2.28. The Kier molecular flexibility index (Phi) is 3.95. The van der Waals surface area contributed by atoms with Crippen molar-refractivity contribution < 1.29 is 0 Å². The van der Waals surface area contributed by atoms with Crippen molar-refractivity contribution in [2.45, 2.75) is 32.2 Å². The zero-order valence-corrected chi connectivity index (χ0v) is 14.9. The van der Waals surface area contributed by atoms with E-state index in [0.29, 0.717) is 0 Å². The molecule has 5 nitrogen and oxygen atoms in total. The Bertz CT molecular complexity index is 832. The number of nitrogens with zero attached hydrogens (tertiary/aromatic N) is 4. The first-order chi connectivity index (χ1) is 11.4. The minimum Gasteiger partial charge on any atom is -0.387 e. The van der Waals surface area contributed by atoms with E-state index in [-0.39, 0.29) is 5.54 Å². The third-order valence-corrected chi connectivity index (χ3v) is 4.69. The van der Waals surface area contributed by atoms with Crippen LogP contribution in [0.15, 0.2) is 31.6 Å². The summed E-state index contributed by atoms with van der Waals surface area (Å²) in [6.07, 6.45) is 10.1. The van der Waals surface area contributed by atoms with Crippen molar-refractivity contribution in [3.63, 3.8) is 0 Å². The van der Waals surface area contributed by atoms with Crippen molar-refractivity contribution in [3.05, 3.63) is 54.1 Å². The van der Waals surface area contributed by atoms with E-state index in [1.165, 1.54) is 16.7 Å². The molecular formula is C19H25N5. The van der Waals surface area contributed by atoms with Gasteiger partial charge in [-0.1, -0.05) is 12.7 Å². The molecular weight excluding hydrogens is 298 g/mol. The summed E-state index contributed by atoms with van der Waals surface area (Å²) >= 11 is 0. The van der Waals surface area contributed by atoms with Gasteiger partial charge in [0, 0.05) is 31.4 Å². The first-order valence-electron chi connectivity index (χ1n) is 8.20. The first kappa shape index (κ1) is 16.3. The van der Waals surface area contributed by atoms with Gasteiger partial charge in [0.1, 0.15) is 5.69 Å². The highest BCUT2D eigenvalue weighted by molar-refractivity contribution is 5.84. The molecule has 1 aliphatic rings. The van der Waals surface area contributed by atoms with Crippen molar-refractivity contribution in [1.82, 2.24) is 24.9 Å². The molecule has 1 N–H and O–H groups in total. The number of fused-ring (bicyclic) bond motifs is 1. The second-order valence-corrected chi connectivity index (χ2v) is 6.78. The molecule has 126 valence electrons. The summed E-state index contributed by atoms with van der Waals surface area (Å²) in [6.45, 7) is 12.3. The third kappa shape index (κ3) is 2.60. The molecule has 0 saturated heterocycles. The summed E-state index contributed by atoms with van der Waals surface area (Å²) in [5, 5.41) is 12.3.